The summed E-state index contributed by atoms with van der Waals surface area (Å²) in [5.74, 6) is 0.815. The lowest BCUT2D eigenvalue weighted by molar-refractivity contribution is -0.136. The molecule has 3 nitrogen and oxygen atoms in total. The highest BCUT2D eigenvalue weighted by molar-refractivity contribution is 5.96. The SMILES string of the molecule is COc1ccc(CNCc2cccc(-c3ccnc4c(C(F)(F)F)cccc34)c2)cc1. The van der Waals surface area contributed by atoms with Crippen molar-refractivity contribution in [2.75, 3.05) is 7.11 Å². The summed E-state index contributed by atoms with van der Waals surface area (Å²) in [6.07, 6.45) is -3.01. The van der Waals surface area contributed by atoms with E-state index in [0.717, 1.165) is 34.1 Å². The van der Waals surface area contributed by atoms with E-state index in [1.54, 1.807) is 19.2 Å². The monoisotopic (exact) mass is 422 g/mol. The largest absolute Gasteiger partial charge is 0.497 e. The number of hydrogen-bond donors (Lipinski definition) is 1. The van der Waals surface area contributed by atoms with Crippen LogP contribution in [0.4, 0.5) is 13.2 Å². The number of aromatic nitrogens is 1. The number of para-hydroxylation sites is 1. The average Bonchev–Trinajstić information content (AvgIpc) is 2.78. The van der Waals surface area contributed by atoms with Crippen molar-refractivity contribution >= 4 is 10.9 Å². The number of benzene rings is 3. The minimum Gasteiger partial charge on any atom is -0.497 e. The summed E-state index contributed by atoms with van der Waals surface area (Å²) in [6.45, 7) is 1.33. The summed E-state index contributed by atoms with van der Waals surface area (Å²) in [7, 11) is 1.64. The van der Waals surface area contributed by atoms with Crippen LogP contribution < -0.4 is 10.1 Å². The lowest BCUT2D eigenvalue weighted by Gasteiger charge is -2.13. The Morgan fingerprint density at radius 1 is 0.871 bits per heavy atom. The van der Waals surface area contributed by atoms with Crippen molar-refractivity contribution in [2.45, 2.75) is 19.3 Å². The van der Waals surface area contributed by atoms with E-state index in [0.29, 0.717) is 18.5 Å². The number of halogens is 3. The number of rotatable bonds is 6. The smallest absolute Gasteiger partial charge is 0.418 e. The maximum Gasteiger partial charge on any atom is 0.418 e. The van der Waals surface area contributed by atoms with Crippen LogP contribution in [0.5, 0.6) is 5.75 Å². The average molecular weight is 422 g/mol. The Bertz CT molecular complexity index is 1190. The maximum atomic E-state index is 13.4. The first-order valence-corrected chi connectivity index (χ1v) is 9.83. The molecule has 4 aromatic rings. The van der Waals surface area contributed by atoms with E-state index in [1.807, 2.05) is 48.5 Å². The number of methoxy groups -OCH3 is 1. The van der Waals surface area contributed by atoms with Crippen LogP contribution >= 0.6 is 0 Å². The van der Waals surface area contributed by atoms with Gasteiger partial charge in [0.05, 0.1) is 18.2 Å². The van der Waals surface area contributed by atoms with Gasteiger partial charge in [-0.2, -0.15) is 13.2 Å². The van der Waals surface area contributed by atoms with Gasteiger partial charge in [-0.1, -0.05) is 42.5 Å². The number of fused-ring (bicyclic) bond motifs is 1. The second kappa shape index (κ2) is 8.78. The Hall–Kier alpha value is -3.38. The first kappa shape index (κ1) is 20.9. The third-order valence-electron chi connectivity index (χ3n) is 5.13. The zero-order valence-electron chi connectivity index (χ0n) is 16.9. The van der Waals surface area contributed by atoms with Crippen LogP contribution in [-0.4, -0.2) is 12.1 Å². The summed E-state index contributed by atoms with van der Waals surface area (Å²) in [4.78, 5) is 4.01. The number of alkyl halides is 3. The molecular weight excluding hydrogens is 401 g/mol. The highest BCUT2D eigenvalue weighted by atomic mass is 19.4. The Kier molecular flexibility index (Phi) is 5.91. The van der Waals surface area contributed by atoms with Crippen molar-refractivity contribution in [1.82, 2.24) is 10.3 Å². The van der Waals surface area contributed by atoms with Gasteiger partial charge < -0.3 is 10.1 Å². The van der Waals surface area contributed by atoms with E-state index in [9.17, 15) is 13.2 Å². The Labute approximate surface area is 178 Å². The molecule has 1 heterocycles. The zero-order chi connectivity index (χ0) is 21.8. The number of ether oxygens (including phenoxy) is 1. The predicted octanol–water partition coefficient (Wildman–Crippen LogP) is 6.22. The standard InChI is InChI=1S/C25H21F3N2O/c1-31-20-10-8-17(9-11-20)15-29-16-18-4-2-5-19(14-18)21-12-13-30-24-22(21)6-3-7-23(24)25(26,27)28/h2-14,29H,15-16H2,1H3. The lowest BCUT2D eigenvalue weighted by Crippen LogP contribution is -2.12. The minimum atomic E-state index is -4.45. The van der Waals surface area contributed by atoms with Gasteiger partial charge in [0.15, 0.2) is 0 Å². The molecule has 0 saturated heterocycles. The number of nitrogens with one attached hydrogen (secondary N) is 1. The van der Waals surface area contributed by atoms with Gasteiger partial charge in [-0.15, -0.1) is 0 Å². The summed E-state index contributed by atoms with van der Waals surface area (Å²) >= 11 is 0. The second-order valence-corrected chi connectivity index (χ2v) is 7.21. The summed E-state index contributed by atoms with van der Waals surface area (Å²) in [5.41, 5.74) is 3.02. The molecule has 158 valence electrons. The van der Waals surface area contributed by atoms with Crippen LogP contribution in [0.3, 0.4) is 0 Å². The van der Waals surface area contributed by atoms with Crippen molar-refractivity contribution in [1.29, 1.82) is 0 Å². The van der Waals surface area contributed by atoms with Crippen molar-refractivity contribution in [3.8, 4) is 16.9 Å². The normalized spacial score (nSPS) is 11.6. The Morgan fingerprint density at radius 2 is 1.61 bits per heavy atom. The first-order valence-electron chi connectivity index (χ1n) is 9.83. The van der Waals surface area contributed by atoms with E-state index in [2.05, 4.69) is 10.3 Å². The summed E-state index contributed by atoms with van der Waals surface area (Å²) < 4.78 is 45.3. The fraction of sp³-hybridized carbons (Fsp3) is 0.160. The molecule has 4 rings (SSSR count). The van der Waals surface area contributed by atoms with Crippen molar-refractivity contribution in [2.24, 2.45) is 0 Å². The van der Waals surface area contributed by atoms with Crippen LogP contribution in [0.2, 0.25) is 0 Å². The van der Waals surface area contributed by atoms with E-state index in [-0.39, 0.29) is 5.52 Å². The number of nitrogens with zero attached hydrogens (tertiary/aromatic N) is 1. The molecule has 6 heteroatoms. The molecule has 0 aliphatic heterocycles. The molecule has 0 radical (unpaired) electrons. The topological polar surface area (TPSA) is 34.1 Å². The van der Waals surface area contributed by atoms with Crippen molar-refractivity contribution in [3.63, 3.8) is 0 Å². The number of pyridine rings is 1. The van der Waals surface area contributed by atoms with Gasteiger partial charge in [0.1, 0.15) is 5.75 Å². The molecule has 0 fully saturated rings. The molecule has 0 bridgehead atoms. The molecule has 0 aliphatic rings. The molecule has 0 spiro atoms. The van der Waals surface area contributed by atoms with Crippen LogP contribution in [-0.2, 0) is 19.3 Å². The maximum absolute atomic E-state index is 13.4. The molecular formula is C25H21F3N2O. The van der Waals surface area contributed by atoms with E-state index in [1.165, 1.54) is 12.3 Å². The van der Waals surface area contributed by atoms with Gasteiger partial charge in [-0.3, -0.25) is 4.98 Å². The van der Waals surface area contributed by atoms with Crippen LogP contribution in [0.25, 0.3) is 22.0 Å². The molecule has 0 saturated carbocycles. The molecule has 0 aliphatic carbocycles. The summed E-state index contributed by atoms with van der Waals surface area (Å²) in [6, 6.07) is 21.6. The second-order valence-electron chi connectivity index (χ2n) is 7.21. The summed E-state index contributed by atoms with van der Waals surface area (Å²) in [5, 5.41) is 3.89. The third-order valence-corrected chi connectivity index (χ3v) is 5.13. The molecule has 0 amide bonds. The van der Waals surface area contributed by atoms with Gasteiger partial charge >= 0.3 is 6.18 Å². The van der Waals surface area contributed by atoms with Crippen molar-refractivity contribution in [3.05, 3.63) is 95.7 Å². The zero-order valence-corrected chi connectivity index (χ0v) is 16.9. The predicted molar refractivity (Wildman–Crippen MR) is 116 cm³/mol. The third kappa shape index (κ3) is 4.70. The highest BCUT2D eigenvalue weighted by Gasteiger charge is 2.33. The molecule has 0 unspecified atom stereocenters. The molecule has 1 N–H and O–H groups in total. The van der Waals surface area contributed by atoms with Crippen LogP contribution in [0, 0.1) is 0 Å². The lowest BCUT2D eigenvalue weighted by atomic mass is 9.98. The first-order chi connectivity index (χ1) is 15.0. The van der Waals surface area contributed by atoms with Gasteiger partial charge in [0, 0.05) is 24.7 Å². The van der Waals surface area contributed by atoms with E-state index < -0.39 is 11.7 Å². The van der Waals surface area contributed by atoms with Gasteiger partial charge in [0.2, 0.25) is 0 Å². The molecule has 0 atom stereocenters. The Balaban J connectivity index is 1.56. The fourth-order valence-electron chi connectivity index (χ4n) is 3.60. The minimum absolute atomic E-state index is 0.0319. The fourth-order valence-corrected chi connectivity index (χ4v) is 3.60. The Morgan fingerprint density at radius 3 is 2.35 bits per heavy atom. The molecule has 3 aromatic carbocycles. The van der Waals surface area contributed by atoms with E-state index >= 15 is 0 Å². The van der Waals surface area contributed by atoms with Gasteiger partial charge in [-0.05, 0) is 52.6 Å². The van der Waals surface area contributed by atoms with E-state index in [4.69, 9.17) is 4.74 Å². The van der Waals surface area contributed by atoms with Crippen molar-refractivity contribution < 1.29 is 17.9 Å². The van der Waals surface area contributed by atoms with Crippen LogP contribution in [0.1, 0.15) is 16.7 Å². The quantitative estimate of drug-likeness (QED) is 0.401. The number of hydrogen-bond acceptors (Lipinski definition) is 3. The molecule has 1 aromatic heterocycles. The highest BCUT2D eigenvalue weighted by Crippen LogP contribution is 2.37. The molecule has 31 heavy (non-hydrogen) atoms. The van der Waals surface area contributed by atoms with Crippen LogP contribution in [0.15, 0.2) is 79.0 Å². The van der Waals surface area contributed by atoms with Gasteiger partial charge in [-0.25, -0.2) is 0 Å². The van der Waals surface area contributed by atoms with Gasteiger partial charge in [0.25, 0.3) is 0 Å².